The Balaban J connectivity index is 1.64. The van der Waals surface area contributed by atoms with Gasteiger partial charge in [0, 0.05) is 24.2 Å². The van der Waals surface area contributed by atoms with Gasteiger partial charge in [0.05, 0.1) is 4.90 Å². The highest BCUT2D eigenvalue weighted by molar-refractivity contribution is 7.90. The molecule has 8 nitrogen and oxygen atoms in total. The molecule has 29 heavy (non-hydrogen) atoms. The van der Waals surface area contributed by atoms with E-state index in [0.29, 0.717) is 5.75 Å². The fraction of sp³-hybridized carbons (Fsp3) is 0.0500. The number of pyridine rings is 1. The molecule has 0 aliphatic rings. The summed E-state index contributed by atoms with van der Waals surface area (Å²) in [4.78, 5) is 21.4. The number of aromatic nitrogens is 1. The molecule has 0 saturated carbocycles. The van der Waals surface area contributed by atoms with Crippen LogP contribution in [-0.2, 0) is 9.84 Å². The highest BCUT2D eigenvalue weighted by atomic mass is 32.2. The number of guanidine groups is 1. The number of carbonyl (C=O) groups is 1. The Labute approximate surface area is 167 Å². The van der Waals surface area contributed by atoms with Crippen LogP contribution < -0.4 is 15.9 Å². The Morgan fingerprint density at radius 1 is 1.03 bits per heavy atom. The van der Waals surface area contributed by atoms with Gasteiger partial charge >= 0.3 is 0 Å². The third kappa shape index (κ3) is 5.39. The van der Waals surface area contributed by atoms with Gasteiger partial charge in [-0.3, -0.25) is 15.1 Å². The van der Waals surface area contributed by atoms with Crippen molar-refractivity contribution in [3.05, 3.63) is 78.6 Å². The number of rotatable bonds is 5. The van der Waals surface area contributed by atoms with Crippen molar-refractivity contribution in [3.8, 4) is 16.9 Å². The van der Waals surface area contributed by atoms with Crippen molar-refractivity contribution < 1.29 is 18.0 Å². The van der Waals surface area contributed by atoms with Gasteiger partial charge in [-0.05, 0) is 58.7 Å². The maximum Gasteiger partial charge on any atom is 0.258 e. The molecule has 0 unspecified atom stereocenters. The largest absolute Gasteiger partial charge is 0.367 e. The van der Waals surface area contributed by atoms with Gasteiger partial charge in [-0.1, -0.05) is 18.2 Å². The van der Waals surface area contributed by atoms with Gasteiger partial charge in [0.25, 0.3) is 5.91 Å². The maximum absolute atomic E-state index is 12.2. The van der Waals surface area contributed by atoms with Gasteiger partial charge in [0.1, 0.15) is 0 Å². The molecule has 148 valence electrons. The number of nitrogens with zero attached hydrogens (tertiary/aromatic N) is 2. The molecule has 0 spiro atoms. The first-order chi connectivity index (χ1) is 13.8. The van der Waals surface area contributed by atoms with E-state index in [1.54, 1.807) is 24.5 Å². The number of benzene rings is 2. The molecule has 0 bridgehead atoms. The van der Waals surface area contributed by atoms with Crippen molar-refractivity contribution in [1.29, 1.82) is 0 Å². The Morgan fingerprint density at radius 2 is 1.69 bits per heavy atom. The Hall–Kier alpha value is -3.72. The fourth-order valence-corrected chi connectivity index (χ4v) is 3.10. The number of oxime groups is 1. The molecular weight excluding hydrogens is 392 g/mol. The lowest BCUT2D eigenvalue weighted by atomic mass is 10.1. The molecule has 3 aromatic rings. The predicted molar refractivity (Wildman–Crippen MR) is 109 cm³/mol. The number of amides is 1. The summed E-state index contributed by atoms with van der Waals surface area (Å²) in [5.74, 6) is -0.439. The normalized spacial score (nSPS) is 11.7. The van der Waals surface area contributed by atoms with Crippen LogP contribution in [0.25, 0.3) is 11.1 Å². The Bertz CT molecular complexity index is 1140. The molecule has 0 atom stereocenters. The molecule has 9 heteroatoms. The average Bonchev–Trinajstić information content (AvgIpc) is 2.73. The van der Waals surface area contributed by atoms with Crippen molar-refractivity contribution in [1.82, 2.24) is 10.3 Å². The minimum Gasteiger partial charge on any atom is -0.367 e. The zero-order valence-electron chi connectivity index (χ0n) is 15.4. The monoisotopic (exact) mass is 410 g/mol. The lowest BCUT2D eigenvalue weighted by Crippen LogP contribution is -2.37. The second-order valence-corrected chi connectivity index (χ2v) is 8.10. The van der Waals surface area contributed by atoms with Crippen LogP contribution in [0.1, 0.15) is 10.4 Å². The maximum atomic E-state index is 12.2. The molecule has 1 amide bonds. The lowest BCUT2D eigenvalue weighted by molar-refractivity contribution is 0.0975. The topological polar surface area (TPSA) is 124 Å². The average molecular weight is 410 g/mol. The molecule has 2 aromatic carbocycles. The Morgan fingerprint density at radius 3 is 2.34 bits per heavy atom. The van der Waals surface area contributed by atoms with Crippen molar-refractivity contribution in [2.24, 2.45) is 10.9 Å². The highest BCUT2D eigenvalue weighted by Crippen LogP contribution is 2.21. The second-order valence-electron chi connectivity index (χ2n) is 6.08. The summed E-state index contributed by atoms with van der Waals surface area (Å²) in [6, 6.07) is 16.5. The highest BCUT2D eigenvalue weighted by Gasteiger charge is 2.12. The molecule has 3 N–H and O–H groups in total. The first-order valence-corrected chi connectivity index (χ1v) is 10.3. The van der Waals surface area contributed by atoms with Crippen LogP contribution in [0.4, 0.5) is 0 Å². The van der Waals surface area contributed by atoms with E-state index in [9.17, 15) is 13.2 Å². The first kappa shape index (κ1) is 20.0. The summed E-state index contributed by atoms with van der Waals surface area (Å²) in [6.45, 7) is 0. The predicted octanol–water partition coefficient (Wildman–Crippen LogP) is 2.19. The lowest BCUT2D eigenvalue weighted by Gasteiger charge is -2.06. The molecule has 1 aromatic heterocycles. The minimum atomic E-state index is -3.43. The minimum absolute atomic E-state index is 0.0335. The van der Waals surface area contributed by atoms with E-state index in [-0.39, 0.29) is 16.4 Å². The van der Waals surface area contributed by atoms with Gasteiger partial charge in [0.2, 0.25) is 5.96 Å². The number of hydrogen-bond donors (Lipinski definition) is 2. The molecule has 0 aliphatic heterocycles. The summed E-state index contributed by atoms with van der Waals surface area (Å²) in [5, 5.41) is 6.01. The number of sulfone groups is 1. The van der Waals surface area contributed by atoms with Crippen LogP contribution in [0.3, 0.4) is 0 Å². The van der Waals surface area contributed by atoms with Crippen molar-refractivity contribution >= 4 is 21.7 Å². The van der Waals surface area contributed by atoms with Gasteiger partial charge in [0.15, 0.2) is 15.6 Å². The van der Waals surface area contributed by atoms with Crippen LogP contribution in [0.2, 0.25) is 0 Å². The second kappa shape index (κ2) is 8.53. The van der Waals surface area contributed by atoms with Gasteiger partial charge in [-0.25, -0.2) is 8.42 Å². The third-order valence-electron chi connectivity index (χ3n) is 3.88. The van der Waals surface area contributed by atoms with Crippen LogP contribution >= 0.6 is 0 Å². The molecule has 0 aliphatic carbocycles. The molecular formula is C20H18N4O4S. The van der Waals surface area contributed by atoms with E-state index in [4.69, 9.17) is 10.6 Å². The molecule has 1 heterocycles. The van der Waals surface area contributed by atoms with Crippen molar-refractivity contribution in [2.45, 2.75) is 4.90 Å². The number of nitrogens with two attached hydrogens (primary N) is 1. The van der Waals surface area contributed by atoms with Crippen molar-refractivity contribution in [2.75, 3.05) is 6.26 Å². The van der Waals surface area contributed by atoms with Crippen LogP contribution in [-0.4, -0.2) is 31.5 Å². The zero-order valence-corrected chi connectivity index (χ0v) is 16.3. The van der Waals surface area contributed by atoms with Crippen LogP contribution in [0, 0.1) is 0 Å². The molecule has 3 rings (SSSR count). The van der Waals surface area contributed by atoms with Crippen LogP contribution in [0.5, 0.6) is 5.75 Å². The standard InChI is InChI=1S/C20H18N4O4S/c1-29(26,27)18-4-2-3-16(13-18)19(25)23-20(21)24-28-17-7-5-14(6-8-17)15-9-11-22-12-10-15/h2-13H,1H3,(H3,21,23,24,25). The fourth-order valence-electron chi connectivity index (χ4n) is 2.43. The van der Waals surface area contributed by atoms with Crippen LogP contribution in [0.15, 0.2) is 83.1 Å². The summed E-state index contributed by atoms with van der Waals surface area (Å²) in [7, 11) is -3.43. The van der Waals surface area contributed by atoms with E-state index in [2.05, 4.69) is 15.5 Å². The zero-order chi connectivity index (χ0) is 20.9. The molecule has 0 fully saturated rings. The van der Waals surface area contributed by atoms with Crippen molar-refractivity contribution in [3.63, 3.8) is 0 Å². The van der Waals surface area contributed by atoms with E-state index in [1.165, 1.54) is 24.3 Å². The Kier molecular flexibility index (Phi) is 5.89. The summed E-state index contributed by atoms with van der Waals surface area (Å²) in [5.41, 5.74) is 7.80. The number of carbonyl (C=O) groups excluding carboxylic acids is 1. The van der Waals surface area contributed by atoms with E-state index in [1.807, 2.05) is 24.3 Å². The van der Waals surface area contributed by atoms with E-state index in [0.717, 1.165) is 17.4 Å². The number of hydrogen-bond acceptors (Lipinski definition) is 6. The van der Waals surface area contributed by atoms with E-state index < -0.39 is 15.7 Å². The van der Waals surface area contributed by atoms with Gasteiger partial charge in [-0.15, -0.1) is 0 Å². The quantitative estimate of drug-likeness (QED) is 0.377. The first-order valence-electron chi connectivity index (χ1n) is 8.45. The summed E-state index contributed by atoms with van der Waals surface area (Å²) >= 11 is 0. The third-order valence-corrected chi connectivity index (χ3v) is 4.99. The van der Waals surface area contributed by atoms with Gasteiger partial charge < -0.3 is 10.6 Å². The summed E-state index contributed by atoms with van der Waals surface area (Å²) in [6.07, 6.45) is 4.48. The number of nitrogens with one attached hydrogen (secondary N) is 1. The summed E-state index contributed by atoms with van der Waals surface area (Å²) < 4.78 is 23.2. The smallest absolute Gasteiger partial charge is 0.258 e. The molecule has 0 radical (unpaired) electrons. The molecule has 0 saturated heterocycles. The SMILES string of the molecule is CS(=O)(=O)c1cccc(C(=O)NC(N)=NOc2ccc(-c3ccncc3)cc2)c1. The van der Waals surface area contributed by atoms with Gasteiger partial charge in [-0.2, -0.15) is 0 Å². The van der Waals surface area contributed by atoms with E-state index >= 15 is 0 Å².